The summed E-state index contributed by atoms with van der Waals surface area (Å²) in [5.41, 5.74) is 11.2. The van der Waals surface area contributed by atoms with Gasteiger partial charge in [0.15, 0.2) is 0 Å². The molecule has 2 aromatic carbocycles. The van der Waals surface area contributed by atoms with Crippen LogP contribution < -0.4 is 10.5 Å². The molecular formula is C17H17N3O. The highest BCUT2D eigenvalue weighted by Crippen LogP contribution is 2.30. The molecule has 0 unspecified atom stereocenters. The topological polar surface area (TPSA) is 61.0 Å². The van der Waals surface area contributed by atoms with E-state index in [0.717, 1.165) is 27.9 Å². The van der Waals surface area contributed by atoms with E-state index in [0.29, 0.717) is 17.3 Å². The summed E-state index contributed by atoms with van der Waals surface area (Å²) >= 11 is 0. The van der Waals surface area contributed by atoms with Gasteiger partial charge in [0.2, 0.25) is 5.88 Å². The van der Waals surface area contributed by atoms with Crippen molar-refractivity contribution in [1.29, 1.82) is 0 Å². The van der Waals surface area contributed by atoms with Crippen LogP contribution in [0.1, 0.15) is 16.8 Å². The Morgan fingerprint density at radius 3 is 2.29 bits per heavy atom. The van der Waals surface area contributed by atoms with Crippen LogP contribution in [0, 0.1) is 20.8 Å². The van der Waals surface area contributed by atoms with Crippen LogP contribution in [-0.2, 0) is 0 Å². The number of rotatable bonds is 2. The molecule has 3 rings (SSSR count). The Balaban J connectivity index is 2.05. The third-order valence-electron chi connectivity index (χ3n) is 3.47. The predicted octanol–water partition coefficient (Wildman–Crippen LogP) is 3.93. The molecule has 106 valence electrons. The molecule has 2 N–H and O–H groups in total. The normalized spacial score (nSPS) is 10.8. The molecule has 0 saturated heterocycles. The van der Waals surface area contributed by atoms with Gasteiger partial charge in [-0.05, 0) is 44.0 Å². The maximum Gasteiger partial charge on any atom is 0.241 e. The SMILES string of the molecule is Cc1cc(C)c(Oc2nc3ccccc3nc2C)cc1N. The van der Waals surface area contributed by atoms with Gasteiger partial charge in [-0.15, -0.1) is 0 Å². The molecule has 21 heavy (non-hydrogen) atoms. The first-order valence-corrected chi connectivity index (χ1v) is 6.82. The number of aryl methyl sites for hydroxylation is 3. The standard InChI is InChI=1S/C17H17N3O/c1-10-8-11(2)16(9-13(10)18)21-17-12(3)19-14-6-4-5-7-15(14)20-17/h4-9H,18H2,1-3H3. The minimum absolute atomic E-state index is 0.514. The van der Waals surface area contributed by atoms with Crippen LogP contribution in [-0.4, -0.2) is 9.97 Å². The minimum Gasteiger partial charge on any atom is -0.437 e. The van der Waals surface area contributed by atoms with Crippen molar-refractivity contribution in [2.75, 3.05) is 5.73 Å². The fraction of sp³-hybridized carbons (Fsp3) is 0.176. The molecule has 1 aromatic heterocycles. The smallest absolute Gasteiger partial charge is 0.241 e. The minimum atomic E-state index is 0.514. The summed E-state index contributed by atoms with van der Waals surface area (Å²) in [5, 5.41) is 0. The predicted molar refractivity (Wildman–Crippen MR) is 84.7 cm³/mol. The van der Waals surface area contributed by atoms with Gasteiger partial charge in [0.1, 0.15) is 11.4 Å². The number of anilines is 1. The number of hydrogen-bond acceptors (Lipinski definition) is 4. The Hall–Kier alpha value is -2.62. The first kappa shape index (κ1) is 13.4. The van der Waals surface area contributed by atoms with E-state index in [1.54, 1.807) is 0 Å². The highest BCUT2D eigenvalue weighted by molar-refractivity contribution is 5.74. The number of nitrogens with two attached hydrogens (primary N) is 1. The summed E-state index contributed by atoms with van der Waals surface area (Å²) in [6.45, 7) is 5.86. The van der Waals surface area contributed by atoms with Crippen LogP contribution in [0.4, 0.5) is 5.69 Å². The second-order valence-corrected chi connectivity index (χ2v) is 5.18. The van der Waals surface area contributed by atoms with E-state index in [4.69, 9.17) is 10.5 Å². The highest BCUT2D eigenvalue weighted by Gasteiger charge is 2.10. The molecule has 4 nitrogen and oxygen atoms in total. The van der Waals surface area contributed by atoms with Crippen molar-refractivity contribution < 1.29 is 4.74 Å². The Morgan fingerprint density at radius 2 is 1.57 bits per heavy atom. The summed E-state index contributed by atoms with van der Waals surface area (Å²) in [6, 6.07) is 11.6. The van der Waals surface area contributed by atoms with Gasteiger partial charge in [0.05, 0.1) is 11.0 Å². The van der Waals surface area contributed by atoms with Crippen molar-refractivity contribution in [2.24, 2.45) is 0 Å². The van der Waals surface area contributed by atoms with Crippen LogP contribution in [0.2, 0.25) is 0 Å². The fourth-order valence-electron chi connectivity index (χ4n) is 2.23. The lowest BCUT2D eigenvalue weighted by Gasteiger charge is -2.12. The van der Waals surface area contributed by atoms with Gasteiger partial charge in [-0.25, -0.2) is 9.97 Å². The van der Waals surface area contributed by atoms with Gasteiger partial charge in [-0.1, -0.05) is 18.2 Å². The third-order valence-corrected chi connectivity index (χ3v) is 3.47. The van der Waals surface area contributed by atoms with Crippen LogP contribution in [0.5, 0.6) is 11.6 Å². The summed E-state index contributed by atoms with van der Waals surface area (Å²) in [5.74, 6) is 1.23. The van der Waals surface area contributed by atoms with Crippen molar-refractivity contribution in [3.63, 3.8) is 0 Å². The second kappa shape index (κ2) is 5.05. The Bertz CT molecular complexity index is 828. The van der Waals surface area contributed by atoms with Crippen molar-refractivity contribution in [3.05, 3.63) is 53.2 Å². The largest absolute Gasteiger partial charge is 0.437 e. The van der Waals surface area contributed by atoms with Gasteiger partial charge in [0.25, 0.3) is 0 Å². The lowest BCUT2D eigenvalue weighted by molar-refractivity contribution is 0.455. The highest BCUT2D eigenvalue weighted by atomic mass is 16.5. The maximum absolute atomic E-state index is 5.96. The summed E-state index contributed by atoms with van der Waals surface area (Å²) < 4.78 is 5.93. The molecule has 0 atom stereocenters. The fourth-order valence-corrected chi connectivity index (χ4v) is 2.23. The number of benzene rings is 2. The number of hydrogen-bond donors (Lipinski definition) is 1. The average Bonchev–Trinajstić information content (AvgIpc) is 2.45. The zero-order valence-electron chi connectivity index (χ0n) is 12.3. The second-order valence-electron chi connectivity index (χ2n) is 5.18. The Kier molecular flexibility index (Phi) is 3.22. The van der Waals surface area contributed by atoms with E-state index in [-0.39, 0.29) is 0 Å². The van der Waals surface area contributed by atoms with Crippen LogP contribution in [0.15, 0.2) is 36.4 Å². The van der Waals surface area contributed by atoms with Gasteiger partial charge in [-0.2, -0.15) is 0 Å². The van der Waals surface area contributed by atoms with E-state index in [1.807, 2.05) is 57.2 Å². The number of nitrogens with zero attached hydrogens (tertiary/aromatic N) is 2. The molecule has 0 aliphatic carbocycles. The molecule has 0 amide bonds. The first-order chi connectivity index (χ1) is 10.0. The van der Waals surface area contributed by atoms with Crippen LogP contribution in [0.3, 0.4) is 0 Å². The van der Waals surface area contributed by atoms with Gasteiger partial charge in [-0.3, -0.25) is 0 Å². The molecule has 1 heterocycles. The maximum atomic E-state index is 5.96. The van der Waals surface area contributed by atoms with Crippen molar-refractivity contribution in [3.8, 4) is 11.6 Å². The van der Waals surface area contributed by atoms with E-state index in [9.17, 15) is 0 Å². The van der Waals surface area contributed by atoms with Gasteiger partial charge < -0.3 is 10.5 Å². The summed E-state index contributed by atoms with van der Waals surface area (Å²) in [6.07, 6.45) is 0. The summed E-state index contributed by atoms with van der Waals surface area (Å²) in [4.78, 5) is 9.06. The lowest BCUT2D eigenvalue weighted by atomic mass is 10.1. The monoisotopic (exact) mass is 279 g/mol. The molecule has 0 aliphatic rings. The number of fused-ring (bicyclic) bond motifs is 1. The average molecular weight is 279 g/mol. The van der Waals surface area contributed by atoms with E-state index < -0.39 is 0 Å². The number of para-hydroxylation sites is 2. The van der Waals surface area contributed by atoms with E-state index >= 15 is 0 Å². The number of ether oxygens (including phenoxy) is 1. The quantitative estimate of drug-likeness (QED) is 0.722. The number of nitrogen functional groups attached to an aromatic ring is 1. The lowest BCUT2D eigenvalue weighted by Crippen LogP contribution is -1.98. The molecule has 0 fully saturated rings. The molecule has 4 heteroatoms. The Labute approximate surface area is 123 Å². The zero-order chi connectivity index (χ0) is 15.0. The van der Waals surface area contributed by atoms with E-state index in [1.165, 1.54) is 0 Å². The molecule has 0 spiro atoms. The zero-order valence-corrected chi connectivity index (χ0v) is 12.3. The molecule has 0 radical (unpaired) electrons. The van der Waals surface area contributed by atoms with Crippen molar-refractivity contribution in [1.82, 2.24) is 9.97 Å². The molecule has 0 saturated carbocycles. The van der Waals surface area contributed by atoms with Gasteiger partial charge >= 0.3 is 0 Å². The summed E-state index contributed by atoms with van der Waals surface area (Å²) in [7, 11) is 0. The Morgan fingerprint density at radius 1 is 0.905 bits per heavy atom. The molecular weight excluding hydrogens is 262 g/mol. The van der Waals surface area contributed by atoms with Crippen molar-refractivity contribution in [2.45, 2.75) is 20.8 Å². The molecule has 0 bridgehead atoms. The number of aromatic nitrogens is 2. The van der Waals surface area contributed by atoms with Crippen molar-refractivity contribution >= 4 is 16.7 Å². The van der Waals surface area contributed by atoms with E-state index in [2.05, 4.69) is 9.97 Å². The first-order valence-electron chi connectivity index (χ1n) is 6.82. The molecule has 0 aliphatic heterocycles. The third kappa shape index (κ3) is 2.52. The molecule has 3 aromatic rings. The van der Waals surface area contributed by atoms with Gasteiger partial charge in [0, 0.05) is 11.8 Å². The van der Waals surface area contributed by atoms with Crippen LogP contribution in [0.25, 0.3) is 11.0 Å². The van der Waals surface area contributed by atoms with Crippen LogP contribution >= 0.6 is 0 Å².